The van der Waals surface area contributed by atoms with Crippen LogP contribution in [0.3, 0.4) is 0 Å². The van der Waals surface area contributed by atoms with Crippen LogP contribution in [-0.2, 0) is 6.18 Å². The number of halogens is 3. The average Bonchev–Trinajstić information content (AvgIpc) is 2.96. The average molecular weight is 338 g/mol. The van der Waals surface area contributed by atoms with E-state index in [1.54, 1.807) is 0 Å². The third-order valence-electron chi connectivity index (χ3n) is 3.20. The molecule has 7 nitrogen and oxygen atoms in total. The lowest BCUT2D eigenvalue weighted by Gasteiger charge is -2.12. The number of rotatable bonds is 3. The molecule has 0 spiro atoms. The number of benzene rings is 1. The van der Waals surface area contributed by atoms with Crippen molar-refractivity contribution >= 4 is 11.7 Å². The number of carbonyl (C=O) groups is 1. The molecule has 0 bridgehead atoms. The van der Waals surface area contributed by atoms with E-state index in [1.807, 2.05) is 0 Å². The zero-order valence-corrected chi connectivity index (χ0v) is 12.1. The van der Waals surface area contributed by atoms with Crippen LogP contribution in [0.4, 0.5) is 13.2 Å². The molecule has 2 aromatic heterocycles. The van der Waals surface area contributed by atoms with Gasteiger partial charge in [0.05, 0.1) is 18.2 Å². The summed E-state index contributed by atoms with van der Waals surface area (Å²) in [6, 6.07) is 3.41. The van der Waals surface area contributed by atoms with Crippen molar-refractivity contribution in [2.75, 3.05) is 7.11 Å². The van der Waals surface area contributed by atoms with Crippen LogP contribution in [0.15, 0.2) is 30.6 Å². The Kier molecular flexibility index (Phi) is 3.59. The van der Waals surface area contributed by atoms with Gasteiger partial charge in [0.15, 0.2) is 5.82 Å². The first-order valence-electron chi connectivity index (χ1n) is 6.51. The second-order valence-corrected chi connectivity index (χ2v) is 4.74. The molecule has 3 aromatic rings. The number of methoxy groups -OCH3 is 1. The highest BCUT2D eigenvalue weighted by molar-refractivity contribution is 5.87. The van der Waals surface area contributed by atoms with Gasteiger partial charge >= 0.3 is 12.1 Å². The first-order chi connectivity index (χ1) is 11.3. The molecule has 1 aromatic carbocycles. The first-order valence-corrected chi connectivity index (χ1v) is 6.51. The monoisotopic (exact) mass is 338 g/mol. The van der Waals surface area contributed by atoms with E-state index in [1.165, 1.54) is 18.3 Å². The summed E-state index contributed by atoms with van der Waals surface area (Å²) in [5.74, 6) is -1.47. The van der Waals surface area contributed by atoms with Gasteiger partial charge in [-0.1, -0.05) is 0 Å². The Hall–Kier alpha value is -3.17. The summed E-state index contributed by atoms with van der Waals surface area (Å²) in [4.78, 5) is 18.7. The first kappa shape index (κ1) is 15.7. The predicted octanol–water partition coefficient (Wildman–Crippen LogP) is 2.52. The quantitative estimate of drug-likeness (QED) is 0.789. The smallest absolute Gasteiger partial charge is 0.419 e. The van der Waals surface area contributed by atoms with E-state index >= 15 is 0 Å². The lowest BCUT2D eigenvalue weighted by atomic mass is 10.1. The molecule has 0 atom stereocenters. The molecule has 10 heteroatoms. The van der Waals surface area contributed by atoms with Gasteiger partial charge in [0, 0.05) is 18.0 Å². The van der Waals surface area contributed by atoms with E-state index in [0.29, 0.717) is 0 Å². The second kappa shape index (κ2) is 5.48. The van der Waals surface area contributed by atoms with Gasteiger partial charge < -0.3 is 9.84 Å². The number of hydrogen-bond donors (Lipinski definition) is 1. The molecule has 0 aliphatic rings. The number of carboxylic acid groups (broad SMARTS) is 1. The van der Waals surface area contributed by atoms with E-state index in [-0.39, 0.29) is 28.5 Å². The molecule has 0 saturated carbocycles. The van der Waals surface area contributed by atoms with Crippen molar-refractivity contribution in [3.05, 3.63) is 41.7 Å². The van der Waals surface area contributed by atoms with E-state index in [2.05, 4.69) is 15.1 Å². The van der Waals surface area contributed by atoms with Crippen LogP contribution < -0.4 is 4.74 Å². The van der Waals surface area contributed by atoms with Gasteiger partial charge in [0.2, 0.25) is 0 Å². The summed E-state index contributed by atoms with van der Waals surface area (Å²) in [5.41, 5.74) is -0.976. The van der Waals surface area contributed by atoms with Crippen LogP contribution in [0.5, 0.6) is 5.75 Å². The summed E-state index contributed by atoms with van der Waals surface area (Å²) in [6.45, 7) is 0. The molecule has 0 aliphatic carbocycles. The topological polar surface area (TPSA) is 89.6 Å². The van der Waals surface area contributed by atoms with Crippen molar-refractivity contribution in [1.29, 1.82) is 0 Å². The van der Waals surface area contributed by atoms with Crippen LogP contribution in [0.1, 0.15) is 15.9 Å². The number of fused-ring (bicyclic) bond motifs is 1. The maximum absolute atomic E-state index is 13.1. The molecule has 1 N–H and O–H groups in total. The highest BCUT2D eigenvalue weighted by Crippen LogP contribution is 2.38. The van der Waals surface area contributed by atoms with Crippen molar-refractivity contribution in [3.8, 4) is 17.1 Å². The number of hydrogen-bond acceptors (Lipinski definition) is 5. The van der Waals surface area contributed by atoms with Crippen molar-refractivity contribution in [2.24, 2.45) is 0 Å². The number of aromatic carboxylic acids is 1. The van der Waals surface area contributed by atoms with Crippen molar-refractivity contribution in [1.82, 2.24) is 19.6 Å². The molecule has 0 amide bonds. The summed E-state index contributed by atoms with van der Waals surface area (Å²) >= 11 is 0. The van der Waals surface area contributed by atoms with Gasteiger partial charge in [-0.05, 0) is 18.2 Å². The van der Waals surface area contributed by atoms with E-state index < -0.39 is 17.7 Å². The Morgan fingerprint density at radius 2 is 2.08 bits per heavy atom. The van der Waals surface area contributed by atoms with E-state index in [0.717, 1.165) is 23.9 Å². The summed E-state index contributed by atoms with van der Waals surface area (Å²) in [5, 5.41) is 12.9. The molecule has 2 heterocycles. The fraction of sp³-hybridized carbons (Fsp3) is 0.143. The Morgan fingerprint density at radius 1 is 1.33 bits per heavy atom. The highest BCUT2D eigenvalue weighted by Gasteiger charge is 2.34. The van der Waals surface area contributed by atoms with Gasteiger partial charge in [0.25, 0.3) is 5.78 Å². The Balaban J connectivity index is 2.12. The van der Waals surface area contributed by atoms with E-state index in [9.17, 15) is 18.0 Å². The fourth-order valence-corrected chi connectivity index (χ4v) is 2.08. The minimum atomic E-state index is -4.60. The molecular formula is C14H9F3N4O3. The van der Waals surface area contributed by atoms with Gasteiger partial charge in [-0.15, -0.1) is 5.10 Å². The molecular weight excluding hydrogens is 329 g/mol. The molecule has 24 heavy (non-hydrogen) atoms. The van der Waals surface area contributed by atoms with Crippen molar-refractivity contribution < 1.29 is 27.8 Å². The van der Waals surface area contributed by atoms with Gasteiger partial charge in [-0.3, -0.25) is 0 Å². The number of alkyl halides is 3. The SMILES string of the molecule is COc1ccc(-c2nc3ncc(C(=O)O)cn3n2)cc1C(F)(F)F. The van der Waals surface area contributed by atoms with Crippen molar-refractivity contribution in [2.45, 2.75) is 6.18 Å². The Bertz CT molecular complexity index is 937. The maximum Gasteiger partial charge on any atom is 0.419 e. The molecule has 0 fully saturated rings. The number of aromatic nitrogens is 4. The fourth-order valence-electron chi connectivity index (χ4n) is 2.08. The normalized spacial score (nSPS) is 11.7. The zero-order chi connectivity index (χ0) is 17.5. The largest absolute Gasteiger partial charge is 0.496 e. The van der Waals surface area contributed by atoms with Crippen LogP contribution in [0, 0.1) is 0 Å². The van der Waals surface area contributed by atoms with Gasteiger partial charge in [0.1, 0.15) is 5.75 Å². The number of ether oxygens (including phenoxy) is 1. The number of carboxylic acids is 1. The molecule has 3 rings (SSSR count). The Morgan fingerprint density at radius 3 is 2.71 bits per heavy atom. The maximum atomic E-state index is 13.1. The number of nitrogens with zero attached hydrogens (tertiary/aromatic N) is 4. The highest BCUT2D eigenvalue weighted by atomic mass is 19.4. The molecule has 124 valence electrons. The van der Waals surface area contributed by atoms with Crippen LogP contribution >= 0.6 is 0 Å². The summed E-state index contributed by atoms with van der Waals surface area (Å²) in [6.07, 6.45) is -2.34. The predicted molar refractivity (Wildman–Crippen MR) is 74.7 cm³/mol. The minimum absolute atomic E-state index is 0.0156. The lowest BCUT2D eigenvalue weighted by molar-refractivity contribution is -0.138. The molecule has 0 aliphatic heterocycles. The minimum Gasteiger partial charge on any atom is -0.496 e. The Labute approximate surface area is 132 Å². The van der Waals surface area contributed by atoms with Gasteiger partial charge in [-0.25, -0.2) is 14.3 Å². The van der Waals surface area contributed by atoms with Crippen molar-refractivity contribution in [3.63, 3.8) is 0 Å². The lowest BCUT2D eigenvalue weighted by Crippen LogP contribution is -2.07. The molecule has 0 saturated heterocycles. The van der Waals surface area contributed by atoms with E-state index in [4.69, 9.17) is 9.84 Å². The summed E-state index contributed by atoms with van der Waals surface area (Å²) < 4.78 is 45.0. The molecule has 0 unspecified atom stereocenters. The summed E-state index contributed by atoms with van der Waals surface area (Å²) in [7, 11) is 1.14. The van der Waals surface area contributed by atoms with Gasteiger partial charge in [-0.2, -0.15) is 18.2 Å². The third kappa shape index (κ3) is 2.73. The van der Waals surface area contributed by atoms with Crippen LogP contribution in [-0.4, -0.2) is 37.8 Å². The van der Waals surface area contributed by atoms with Crippen LogP contribution in [0.2, 0.25) is 0 Å². The molecule has 0 radical (unpaired) electrons. The zero-order valence-electron chi connectivity index (χ0n) is 12.1. The second-order valence-electron chi connectivity index (χ2n) is 4.74. The van der Waals surface area contributed by atoms with Crippen LogP contribution in [0.25, 0.3) is 17.2 Å². The standard InChI is InChI=1S/C14H9F3N4O3/c1-24-10-3-2-7(4-9(10)14(15,16)17)11-19-13-18-5-8(12(22)23)6-21(13)20-11/h2-6H,1H3,(H,22,23). The third-order valence-corrected chi connectivity index (χ3v) is 3.20.